The molecule has 3 heterocycles. The van der Waals surface area contributed by atoms with Crippen LogP contribution in [0, 0.1) is 6.92 Å². The minimum atomic E-state index is -0.101. The number of carbonyl (C=O) groups is 1. The summed E-state index contributed by atoms with van der Waals surface area (Å²) in [6, 6.07) is 12.8. The number of hydrogen-bond donors (Lipinski definition) is 1. The zero-order valence-corrected chi connectivity index (χ0v) is 18.6. The van der Waals surface area contributed by atoms with Crippen LogP contribution in [-0.4, -0.2) is 22.0 Å². The smallest absolute Gasteiger partial charge is 0.318 e. The van der Waals surface area contributed by atoms with E-state index in [2.05, 4.69) is 71.2 Å². The molecular formula is C25H29N3OS. The average Bonchev–Trinajstić information content (AvgIpc) is 3.34. The lowest BCUT2D eigenvalue weighted by molar-refractivity contribution is 0.180. The summed E-state index contributed by atoms with van der Waals surface area (Å²) in [6.07, 6.45) is 7.94. The summed E-state index contributed by atoms with van der Waals surface area (Å²) in [6.45, 7) is 5.58. The van der Waals surface area contributed by atoms with Crippen molar-refractivity contribution in [1.29, 1.82) is 0 Å². The highest BCUT2D eigenvalue weighted by Gasteiger charge is 2.35. The van der Waals surface area contributed by atoms with E-state index in [9.17, 15) is 4.79 Å². The van der Waals surface area contributed by atoms with Crippen molar-refractivity contribution < 1.29 is 4.79 Å². The van der Waals surface area contributed by atoms with Gasteiger partial charge in [-0.1, -0.05) is 36.8 Å². The maximum absolute atomic E-state index is 13.4. The van der Waals surface area contributed by atoms with Crippen LogP contribution in [0.1, 0.15) is 65.1 Å². The third-order valence-corrected chi connectivity index (χ3v) is 7.66. The summed E-state index contributed by atoms with van der Waals surface area (Å²) < 4.78 is 2.35. The lowest BCUT2D eigenvalue weighted by Crippen LogP contribution is -2.42. The van der Waals surface area contributed by atoms with E-state index in [1.165, 1.54) is 57.1 Å². The lowest BCUT2D eigenvalue weighted by atomic mass is 9.95. The molecule has 1 N–H and O–H groups in total. The predicted molar refractivity (Wildman–Crippen MR) is 123 cm³/mol. The van der Waals surface area contributed by atoms with Gasteiger partial charge in [-0.05, 0) is 62.3 Å². The van der Waals surface area contributed by atoms with Crippen LogP contribution in [0.4, 0.5) is 4.79 Å². The highest BCUT2D eigenvalue weighted by Crippen LogP contribution is 2.44. The summed E-state index contributed by atoms with van der Waals surface area (Å²) in [7, 11) is 0. The summed E-state index contributed by atoms with van der Waals surface area (Å²) in [5.74, 6) is 0. The summed E-state index contributed by atoms with van der Waals surface area (Å²) in [4.78, 5) is 17.0. The van der Waals surface area contributed by atoms with Crippen molar-refractivity contribution in [3.05, 3.63) is 75.4 Å². The summed E-state index contributed by atoms with van der Waals surface area (Å²) in [5.41, 5.74) is 6.42. The topological polar surface area (TPSA) is 37.3 Å². The maximum Gasteiger partial charge on any atom is 0.318 e. The van der Waals surface area contributed by atoms with Gasteiger partial charge >= 0.3 is 6.03 Å². The van der Waals surface area contributed by atoms with Crippen LogP contribution in [-0.2, 0) is 19.4 Å². The first-order chi connectivity index (χ1) is 14.7. The van der Waals surface area contributed by atoms with Gasteiger partial charge in [-0.15, -0.1) is 11.3 Å². The Morgan fingerprint density at radius 3 is 2.87 bits per heavy atom. The van der Waals surface area contributed by atoms with Crippen molar-refractivity contribution >= 4 is 17.4 Å². The zero-order chi connectivity index (χ0) is 20.7. The molecule has 0 fully saturated rings. The molecule has 5 rings (SSSR count). The minimum absolute atomic E-state index is 0.0275. The van der Waals surface area contributed by atoms with Gasteiger partial charge in [-0.25, -0.2) is 4.79 Å². The molecular weight excluding hydrogens is 390 g/mol. The maximum atomic E-state index is 13.4. The quantitative estimate of drug-likeness (QED) is 0.577. The Morgan fingerprint density at radius 1 is 1.17 bits per heavy atom. The molecule has 1 aliphatic carbocycles. The van der Waals surface area contributed by atoms with E-state index >= 15 is 0 Å². The second-order valence-corrected chi connectivity index (χ2v) is 9.56. The van der Waals surface area contributed by atoms with E-state index in [0.29, 0.717) is 13.1 Å². The van der Waals surface area contributed by atoms with Crippen LogP contribution in [0.2, 0.25) is 0 Å². The Labute approximate surface area is 182 Å². The van der Waals surface area contributed by atoms with E-state index in [1.54, 1.807) is 0 Å². The Hall–Kier alpha value is -2.53. The molecule has 2 aromatic heterocycles. The molecule has 4 nitrogen and oxygen atoms in total. The molecule has 1 atom stereocenters. The molecule has 1 aromatic carbocycles. The Balaban J connectivity index is 1.69. The van der Waals surface area contributed by atoms with Crippen molar-refractivity contribution in [1.82, 2.24) is 14.8 Å². The van der Waals surface area contributed by atoms with Gasteiger partial charge in [-0.3, -0.25) is 0 Å². The number of nitrogens with one attached hydrogen (secondary N) is 1. The summed E-state index contributed by atoms with van der Waals surface area (Å²) >= 11 is 1.94. The van der Waals surface area contributed by atoms with Gasteiger partial charge in [0.2, 0.25) is 0 Å². The molecule has 0 radical (unpaired) electrons. The number of rotatable bonds is 3. The molecule has 156 valence electrons. The highest BCUT2D eigenvalue weighted by atomic mass is 32.1. The van der Waals surface area contributed by atoms with Gasteiger partial charge in [0.05, 0.1) is 18.3 Å². The van der Waals surface area contributed by atoms with Gasteiger partial charge in [0, 0.05) is 23.2 Å². The largest absolute Gasteiger partial charge is 0.338 e. The minimum Gasteiger partial charge on any atom is -0.338 e. The third kappa shape index (κ3) is 3.25. The Kier molecular flexibility index (Phi) is 5.15. The van der Waals surface area contributed by atoms with Crippen molar-refractivity contribution in [2.24, 2.45) is 0 Å². The van der Waals surface area contributed by atoms with Crippen LogP contribution in [0.5, 0.6) is 0 Å². The second kappa shape index (κ2) is 7.95. The third-order valence-electron chi connectivity index (χ3n) is 6.32. The van der Waals surface area contributed by atoms with E-state index in [-0.39, 0.29) is 12.1 Å². The van der Waals surface area contributed by atoms with Crippen molar-refractivity contribution in [3.63, 3.8) is 0 Å². The molecule has 0 bridgehead atoms. The van der Waals surface area contributed by atoms with Crippen LogP contribution in [0.15, 0.2) is 42.6 Å². The molecule has 2 aliphatic rings. The van der Waals surface area contributed by atoms with Crippen molar-refractivity contribution in [2.75, 3.05) is 6.54 Å². The molecule has 30 heavy (non-hydrogen) atoms. The van der Waals surface area contributed by atoms with E-state index < -0.39 is 0 Å². The predicted octanol–water partition coefficient (Wildman–Crippen LogP) is 5.75. The molecule has 0 spiro atoms. The molecule has 2 amide bonds. The Bertz CT molecular complexity index is 1080. The van der Waals surface area contributed by atoms with E-state index in [0.717, 1.165) is 12.8 Å². The SMILES string of the molecule is CCCNC(=O)N1Cc2c(sc3c2CCCC3)-n2cccc2[C@H]1c1cccc(C)c1. The number of hydrogen-bond acceptors (Lipinski definition) is 2. The fourth-order valence-electron chi connectivity index (χ4n) is 4.91. The van der Waals surface area contributed by atoms with Gasteiger partial charge in [0.25, 0.3) is 0 Å². The van der Waals surface area contributed by atoms with Crippen LogP contribution >= 0.6 is 11.3 Å². The molecule has 3 aromatic rings. The van der Waals surface area contributed by atoms with Crippen LogP contribution in [0.25, 0.3) is 5.00 Å². The highest BCUT2D eigenvalue weighted by molar-refractivity contribution is 7.15. The van der Waals surface area contributed by atoms with Gasteiger partial charge in [0.15, 0.2) is 0 Å². The van der Waals surface area contributed by atoms with Gasteiger partial charge < -0.3 is 14.8 Å². The van der Waals surface area contributed by atoms with Crippen molar-refractivity contribution in [2.45, 2.75) is 58.5 Å². The van der Waals surface area contributed by atoms with Crippen LogP contribution < -0.4 is 5.32 Å². The summed E-state index contributed by atoms with van der Waals surface area (Å²) in [5, 5.41) is 4.46. The molecule has 5 heteroatoms. The van der Waals surface area contributed by atoms with Crippen molar-refractivity contribution in [3.8, 4) is 5.00 Å². The fraction of sp³-hybridized carbons (Fsp3) is 0.400. The normalized spacial score (nSPS) is 17.7. The number of nitrogens with zero attached hydrogens (tertiary/aromatic N) is 2. The lowest BCUT2D eigenvalue weighted by Gasteiger charge is -2.31. The standard InChI is InChI=1S/C25H29N3OS/c1-3-13-26-25(29)28-16-20-19-10-4-5-12-22(19)30-24(20)27-14-7-11-21(27)23(28)18-9-6-8-17(2)15-18/h6-9,11,14-15,23H,3-5,10,12-13,16H2,1-2H3,(H,26,29)/t23-/m1/s1. The van der Waals surface area contributed by atoms with Gasteiger partial charge in [-0.2, -0.15) is 0 Å². The first-order valence-corrected chi connectivity index (χ1v) is 11.9. The molecule has 0 unspecified atom stereocenters. The van der Waals surface area contributed by atoms with Crippen LogP contribution in [0.3, 0.4) is 0 Å². The first kappa shape index (κ1) is 19.4. The molecule has 0 saturated carbocycles. The average molecular weight is 420 g/mol. The fourth-order valence-corrected chi connectivity index (χ4v) is 6.31. The number of urea groups is 1. The zero-order valence-electron chi connectivity index (χ0n) is 17.8. The molecule has 1 aliphatic heterocycles. The second-order valence-electron chi connectivity index (χ2n) is 8.47. The number of thiophene rings is 1. The Morgan fingerprint density at radius 2 is 2.03 bits per heavy atom. The number of aryl methyl sites for hydroxylation is 2. The monoisotopic (exact) mass is 419 g/mol. The van der Waals surface area contributed by atoms with E-state index in [4.69, 9.17) is 0 Å². The number of fused-ring (bicyclic) bond motifs is 5. The van der Waals surface area contributed by atoms with E-state index in [1.807, 2.05) is 11.3 Å². The number of aromatic nitrogens is 1. The number of amides is 2. The first-order valence-electron chi connectivity index (χ1n) is 11.1. The molecule has 0 saturated heterocycles. The number of benzene rings is 1. The van der Waals surface area contributed by atoms with Gasteiger partial charge in [0.1, 0.15) is 5.00 Å². The number of carbonyl (C=O) groups excluding carboxylic acids is 1.